The van der Waals surface area contributed by atoms with Gasteiger partial charge in [-0.1, -0.05) is 11.6 Å². The van der Waals surface area contributed by atoms with Crippen molar-refractivity contribution in [2.45, 2.75) is 13.5 Å². The van der Waals surface area contributed by atoms with Crippen LogP contribution in [0.25, 0.3) is 11.1 Å². The standard InChI is InChI=1S/C14H13ClN2O/c1-8-11-7-17(2)13-6-12(15)14(18)5-10(13)9(11)3-4-16-8/h3-6,18H,7H2,1-2H3. The summed E-state index contributed by atoms with van der Waals surface area (Å²) in [5.74, 6) is 0.117. The van der Waals surface area contributed by atoms with Crippen molar-refractivity contribution in [3.63, 3.8) is 0 Å². The Morgan fingerprint density at radius 2 is 2.11 bits per heavy atom. The molecule has 1 aromatic heterocycles. The van der Waals surface area contributed by atoms with Gasteiger partial charge in [-0.15, -0.1) is 0 Å². The molecule has 1 N–H and O–H groups in total. The highest BCUT2D eigenvalue weighted by Crippen LogP contribution is 2.43. The summed E-state index contributed by atoms with van der Waals surface area (Å²) in [6.45, 7) is 2.82. The van der Waals surface area contributed by atoms with Gasteiger partial charge in [0.2, 0.25) is 0 Å². The van der Waals surface area contributed by atoms with Gasteiger partial charge in [0.05, 0.1) is 5.02 Å². The zero-order chi connectivity index (χ0) is 12.9. The number of nitrogens with zero attached hydrogens (tertiary/aromatic N) is 2. The van der Waals surface area contributed by atoms with Gasteiger partial charge in [-0.3, -0.25) is 4.98 Å². The Labute approximate surface area is 111 Å². The molecule has 0 radical (unpaired) electrons. The van der Waals surface area contributed by atoms with Crippen LogP contribution < -0.4 is 4.90 Å². The molecule has 1 aromatic carbocycles. The monoisotopic (exact) mass is 260 g/mol. The van der Waals surface area contributed by atoms with Crippen LogP contribution in [0.4, 0.5) is 5.69 Å². The molecule has 3 nitrogen and oxygen atoms in total. The predicted molar refractivity (Wildman–Crippen MR) is 73.2 cm³/mol. The van der Waals surface area contributed by atoms with Crippen molar-refractivity contribution in [3.8, 4) is 16.9 Å². The fourth-order valence-electron chi connectivity index (χ4n) is 2.45. The van der Waals surface area contributed by atoms with Gasteiger partial charge in [-0.25, -0.2) is 0 Å². The third-order valence-corrected chi connectivity index (χ3v) is 3.74. The van der Waals surface area contributed by atoms with Gasteiger partial charge in [-0.2, -0.15) is 0 Å². The third-order valence-electron chi connectivity index (χ3n) is 3.43. The van der Waals surface area contributed by atoms with Crippen molar-refractivity contribution in [1.82, 2.24) is 4.98 Å². The Morgan fingerprint density at radius 1 is 1.33 bits per heavy atom. The van der Waals surface area contributed by atoms with E-state index in [0.29, 0.717) is 5.02 Å². The van der Waals surface area contributed by atoms with Gasteiger partial charge in [0, 0.05) is 42.3 Å². The first-order chi connectivity index (χ1) is 8.58. The second kappa shape index (κ2) is 3.89. The zero-order valence-electron chi connectivity index (χ0n) is 10.2. The number of phenols is 1. The minimum atomic E-state index is 0.117. The number of hydrogen-bond acceptors (Lipinski definition) is 3. The number of pyridine rings is 1. The van der Waals surface area contributed by atoms with E-state index < -0.39 is 0 Å². The molecular formula is C14H13ClN2O. The van der Waals surface area contributed by atoms with Crippen LogP contribution in [0, 0.1) is 6.92 Å². The van der Waals surface area contributed by atoms with Gasteiger partial charge < -0.3 is 10.0 Å². The zero-order valence-corrected chi connectivity index (χ0v) is 11.0. The number of aromatic hydroxyl groups is 1. The highest BCUT2D eigenvalue weighted by Gasteiger charge is 2.22. The summed E-state index contributed by atoms with van der Waals surface area (Å²) >= 11 is 5.98. The van der Waals surface area contributed by atoms with Crippen LogP contribution in [0.15, 0.2) is 24.4 Å². The van der Waals surface area contributed by atoms with E-state index in [1.807, 2.05) is 26.1 Å². The SMILES string of the molecule is Cc1nccc2c1CN(C)c1cc(Cl)c(O)cc1-2. The van der Waals surface area contributed by atoms with Crippen LogP contribution in [-0.4, -0.2) is 17.1 Å². The average Bonchev–Trinajstić information content (AvgIpc) is 2.33. The topological polar surface area (TPSA) is 36.4 Å². The maximum atomic E-state index is 9.79. The number of halogens is 1. The van der Waals surface area contributed by atoms with Crippen molar-refractivity contribution in [2.75, 3.05) is 11.9 Å². The molecule has 0 spiro atoms. The highest BCUT2D eigenvalue weighted by atomic mass is 35.5. The Balaban J connectivity index is 2.33. The second-order valence-corrected chi connectivity index (χ2v) is 5.01. The van der Waals surface area contributed by atoms with Crippen LogP contribution in [-0.2, 0) is 6.54 Å². The average molecular weight is 261 g/mol. The van der Waals surface area contributed by atoms with E-state index in [2.05, 4.69) is 9.88 Å². The summed E-state index contributed by atoms with van der Waals surface area (Å²) in [6, 6.07) is 5.53. The molecule has 0 bridgehead atoms. The van der Waals surface area contributed by atoms with Crippen molar-refractivity contribution >= 4 is 17.3 Å². The van der Waals surface area contributed by atoms with Crippen LogP contribution in [0.2, 0.25) is 5.02 Å². The minimum Gasteiger partial charge on any atom is -0.506 e. The van der Waals surface area contributed by atoms with E-state index in [9.17, 15) is 5.11 Å². The Hall–Kier alpha value is -1.74. The van der Waals surface area contributed by atoms with Crippen molar-refractivity contribution < 1.29 is 5.11 Å². The third kappa shape index (κ3) is 1.55. The summed E-state index contributed by atoms with van der Waals surface area (Å²) in [7, 11) is 2.02. The minimum absolute atomic E-state index is 0.117. The Bertz CT molecular complexity index is 640. The van der Waals surface area contributed by atoms with E-state index in [1.54, 1.807) is 12.3 Å². The molecule has 0 saturated carbocycles. The van der Waals surface area contributed by atoms with Crippen molar-refractivity contribution in [1.29, 1.82) is 0 Å². The molecule has 4 heteroatoms. The Morgan fingerprint density at radius 3 is 2.89 bits per heavy atom. The van der Waals surface area contributed by atoms with E-state index >= 15 is 0 Å². The molecule has 2 aromatic rings. The molecule has 18 heavy (non-hydrogen) atoms. The summed E-state index contributed by atoms with van der Waals surface area (Å²) in [6.07, 6.45) is 1.80. The lowest BCUT2D eigenvalue weighted by Crippen LogP contribution is -2.22. The first-order valence-corrected chi connectivity index (χ1v) is 6.14. The predicted octanol–water partition coefficient (Wildman–Crippen LogP) is 3.37. The fourth-order valence-corrected chi connectivity index (χ4v) is 2.61. The number of phenolic OH excluding ortho intramolecular Hbond substituents is 1. The maximum absolute atomic E-state index is 9.79. The number of rotatable bonds is 0. The van der Waals surface area contributed by atoms with Crippen LogP contribution in [0.3, 0.4) is 0 Å². The van der Waals surface area contributed by atoms with E-state index in [0.717, 1.165) is 29.1 Å². The molecule has 0 fully saturated rings. The summed E-state index contributed by atoms with van der Waals surface area (Å²) < 4.78 is 0. The molecule has 1 aliphatic heterocycles. The quantitative estimate of drug-likeness (QED) is 0.789. The molecular weight excluding hydrogens is 248 g/mol. The maximum Gasteiger partial charge on any atom is 0.134 e. The van der Waals surface area contributed by atoms with Crippen LogP contribution in [0.5, 0.6) is 5.75 Å². The molecule has 1 aliphatic rings. The van der Waals surface area contributed by atoms with E-state index in [4.69, 9.17) is 11.6 Å². The first-order valence-electron chi connectivity index (χ1n) is 5.76. The molecule has 2 heterocycles. The van der Waals surface area contributed by atoms with Crippen molar-refractivity contribution in [2.24, 2.45) is 0 Å². The normalized spacial score (nSPS) is 13.2. The van der Waals surface area contributed by atoms with Gasteiger partial charge in [0.15, 0.2) is 0 Å². The summed E-state index contributed by atoms with van der Waals surface area (Å²) in [5, 5.41) is 10.2. The summed E-state index contributed by atoms with van der Waals surface area (Å²) in [4.78, 5) is 6.45. The van der Waals surface area contributed by atoms with Crippen LogP contribution in [0.1, 0.15) is 11.3 Å². The number of benzene rings is 1. The molecule has 0 atom stereocenters. The molecule has 92 valence electrons. The van der Waals surface area contributed by atoms with Crippen LogP contribution >= 0.6 is 11.6 Å². The smallest absolute Gasteiger partial charge is 0.134 e. The van der Waals surface area contributed by atoms with Gasteiger partial charge in [0.1, 0.15) is 5.75 Å². The number of anilines is 1. The second-order valence-electron chi connectivity index (χ2n) is 4.60. The number of aromatic nitrogens is 1. The fraction of sp³-hybridized carbons (Fsp3) is 0.214. The molecule has 0 saturated heterocycles. The first kappa shape index (κ1) is 11.4. The lowest BCUT2D eigenvalue weighted by atomic mass is 9.93. The lowest BCUT2D eigenvalue weighted by molar-refractivity contribution is 0.476. The van der Waals surface area contributed by atoms with E-state index in [-0.39, 0.29) is 5.75 Å². The van der Waals surface area contributed by atoms with Crippen molar-refractivity contribution in [3.05, 3.63) is 40.7 Å². The Kier molecular flexibility index (Phi) is 2.45. The summed E-state index contributed by atoms with van der Waals surface area (Å²) in [5.41, 5.74) is 5.40. The van der Waals surface area contributed by atoms with Gasteiger partial charge in [0.25, 0.3) is 0 Å². The molecule has 0 aliphatic carbocycles. The number of aryl methyl sites for hydroxylation is 1. The van der Waals surface area contributed by atoms with Gasteiger partial charge >= 0.3 is 0 Å². The van der Waals surface area contributed by atoms with Gasteiger partial charge in [-0.05, 0) is 30.7 Å². The molecule has 0 unspecified atom stereocenters. The lowest BCUT2D eigenvalue weighted by Gasteiger charge is -2.30. The number of hydrogen-bond donors (Lipinski definition) is 1. The molecule has 3 rings (SSSR count). The highest BCUT2D eigenvalue weighted by molar-refractivity contribution is 6.32. The largest absolute Gasteiger partial charge is 0.506 e. The van der Waals surface area contributed by atoms with E-state index in [1.165, 1.54) is 5.56 Å². The number of fused-ring (bicyclic) bond motifs is 3. The molecule has 0 amide bonds.